The van der Waals surface area contributed by atoms with Crippen LogP contribution in [0, 0.1) is 6.92 Å². The van der Waals surface area contributed by atoms with Crippen LogP contribution in [0.3, 0.4) is 0 Å². The van der Waals surface area contributed by atoms with Gasteiger partial charge < -0.3 is 14.6 Å². The second kappa shape index (κ2) is 6.92. The summed E-state index contributed by atoms with van der Waals surface area (Å²) in [5.41, 5.74) is 1.52. The molecule has 1 atom stereocenters. The number of aromatic nitrogens is 1. The van der Waals surface area contributed by atoms with Gasteiger partial charge >= 0.3 is 0 Å². The number of hydrogen-bond donors (Lipinski definition) is 1. The fourth-order valence-electron chi connectivity index (χ4n) is 2.97. The Morgan fingerprint density at radius 2 is 2.21 bits per heavy atom. The number of nitrogens with zero attached hydrogens (tertiary/aromatic N) is 2. The van der Waals surface area contributed by atoms with Crippen molar-refractivity contribution in [2.24, 2.45) is 0 Å². The number of para-hydroxylation sites is 1. The molecular weight excluding hydrogens is 330 g/mol. The minimum absolute atomic E-state index is 0.195. The van der Waals surface area contributed by atoms with Gasteiger partial charge in [0.25, 0.3) is 0 Å². The van der Waals surface area contributed by atoms with E-state index in [0.717, 1.165) is 5.56 Å². The number of sulfonamides is 1. The number of nitrogens with one attached hydrogen (secondary N) is 1. The van der Waals surface area contributed by atoms with Gasteiger partial charge in [0.15, 0.2) is 5.76 Å². The van der Waals surface area contributed by atoms with Gasteiger partial charge in [-0.3, -0.25) is 0 Å². The number of ether oxygens (including phenoxy) is 1. The van der Waals surface area contributed by atoms with E-state index in [-0.39, 0.29) is 11.8 Å². The van der Waals surface area contributed by atoms with E-state index in [0.29, 0.717) is 36.8 Å². The SMILES string of the molecule is COc1ccccc1C1CNCCN1S(=O)(=O)Cc1cc(C)no1. The van der Waals surface area contributed by atoms with E-state index in [1.54, 1.807) is 20.1 Å². The molecule has 130 valence electrons. The molecule has 8 heteroatoms. The first kappa shape index (κ1) is 16.9. The lowest BCUT2D eigenvalue weighted by atomic mass is 10.0. The van der Waals surface area contributed by atoms with E-state index in [2.05, 4.69) is 10.5 Å². The van der Waals surface area contributed by atoms with Crippen molar-refractivity contribution in [1.82, 2.24) is 14.8 Å². The minimum Gasteiger partial charge on any atom is -0.496 e. The van der Waals surface area contributed by atoms with Crippen molar-refractivity contribution in [3.05, 3.63) is 47.3 Å². The molecule has 7 nitrogen and oxygen atoms in total. The third kappa shape index (κ3) is 3.45. The predicted octanol–water partition coefficient (Wildman–Crippen LogP) is 1.47. The number of aryl methyl sites for hydroxylation is 1. The molecule has 1 fully saturated rings. The molecule has 1 saturated heterocycles. The molecule has 1 aromatic carbocycles. The lowest BCUT2D eigenvalue weighted by Crippen LogP contribution is -2.49. The highest BCUT2D eigenvalue weighted by atomic mass is 32.2. The fourth-order valence-corrected chi connectivity index (χ4v) is 4.58. The molecule has 1 unspecified atom stereocenters. The van der Waals surface area contributed by atoms with E-state index in [9.17, 15) is 8.42 Å². The first-order valence-electron chi connectivity index (χ1n) is 7.76. The van der Waals surface area contributed by atoms with Gasteiger partial charge in [-0.25, -0.2) is 8.42 Å². The summed E-state index contributed by atoms with van der Waals surface area (Å²) in [7, 11) is -1.95. The van der Waals surface area contributed by atoms with E-state index >= 15 is 0 Å². The zero-order valence-electron chi connectivity index (χ0n) is 13.7. The molecule has 0 amide bonds. The van der Waals surface area contributed by atoms with E-state index in [1.807, 2.05) is 24.3 Å². The molecule has 1 aliphatic rings. The topological polar surface area (TPSA) is 84.7 Å². The van der Waals surface area contributed by atoms with Crippen molar-refractivity contribution in [2.75, 3.05) is 26.7 Å². The largest absolute Gasteiger partial charge is 0.496 e. The summed E-state index contributed by atoms with van der Waals surface area (Å²) in [4.78, 5) is 0. The number of methoxy groups -OCH3 is 1. The molecule has 0 bridgehead atoms. The summed E-state index contributed by atoms with van der Waals surface area (Å²) in [5.74, 6) is 0.839. The third-order valence-electron chi connectivity index (χ3n) is 4.05. The summed E-state index contributed by atoms with van der Waals surface area (Å²) in [6.45, 7) is 3.32. The average molecular weight is 351 g/mol. The van der Waals surface area contributed by atoms with Gasteiger partial charge in [0.1, 0.15) is 11.5 Å². The first-order valence-corrected chi connectivity index (χ1v) is 9.37. The Balaban J connectivity index is 1.91. The highest BCUT2D eigenvalue weighted by molar-refractivity contribution is 7.88. The van der Waals surface area contributed by atoms with Gasteiger partial charge in [-0.05, 0) is 13.0 Å². The molecule has 1 aliphatic heterocycles. The molecule has 0 aliphatic carbocycles. The Hall–Kier alpha value is -1.90. The Labute approximate surface area is 141 Å². The number of rotatable bonds is 5. The first-order chi connectivity index (χ1) is 11.5. The average Bonchev–Trinajstić information content (AvgIpc) is 2.99. The third-order valence-corrected chi connectivity index (χ3v) is 5.85. The minimum atomic E-state index is -3.54. The van der Waals surface area contributed by atoms with Crippen LogP contribution in [0.4, 0.5) is 0 Å². The quantitative estimate of drug-likeness (QED) is 0.878. The smallest absolute Gasteiger partial charge is 0.222 e. The van der Waals surface area contributed by atoms with Crippen LogP contribution in [0.15, 0.2) is 34.9 Å². The Morgan fingerprint density at radius 1 is 1.42 bits per heavy atom. The lowest BCUT2D eigenvalue weighted by Gasteiger charge is -2.35. The van der Waals surface area contributed by atoms with Gasteiger partial charge in [0.2, 0.25) is 10.0 Å². The molecule has 24 heavy (non-hydrogen) atoms. The summed E-state index contributed by atoms with van der Waals surface area (Å²) in [5, 5.41) is 7.02. The normalized spacial score (nSPS) is 19.3. The van der Waals surface area contributed by atoms with Crippen molar-refractivity contribution in [3.8, 4) is 5.75 Å². The van der Waals surface area contributed by atoms with E-state index in [4.69, 9.17) is 9.26 Å². The fraction of sp³-hybridized carbons (Fsp3) is 0.438. The van der Waals surface area contributed by atoms with Gasteiger partial charge in [0.05, 0.1) is 18.8 Å². The standard InChI is InChI=1S/C16H21N3O4S/c1-12-9-13(23-18-12)11-24(20,21)19-8-7-17-10-15(19)14-5-3-4-6-16(14)22-2/h3-6,9,15,17H,7-8,10-11H2,1-2H3. The van der Waals surface area contributed by atoms with Crippen molar-refractivity contribution >= 4 is 10.0 Å². The highest BCUT2D eigenvalue weighted by Gasteiger charge is 2.35. The Bertz CT molecular complexity index is 803. The van der Waals surface area contributed by atoms with Crippen LogP contribution >= 0.6 is 0 Å². The van der Waals surface area contributed by atoms with Crippen LogP contribution in [-0.2, 0) is 15.8 Å². The summed E-state index contributed by atoms with van der Waals surface area (Å²) >= 11 is 0. The van der Waals surface area contributed by atoms with Crippen LogP contribution < -0.4 is 10.1 Å². The highest BCUT2D eigenvalue weighted by Crippen LogP contribution is 2.32. The molecule has 1 N–H and O–H groups in total. The van der Waals surface area contributed by atoms with Gasteiger partial charge in [0, 0.05) is 31.3 Å². The molecule has 3 rings (SSSR count). The van der Waals surface area contributed by atoms with Gasteiger partial charge in [-0.2, -0.15) is 4.31 Å². The maximum absolute atomic E-state index is 12.9. The van der Waals surface area contributed by atoms with Crippen LogP contribution in [0.25, 0.3) is 0 Å². The second-order valence-corrected chi connectivity index (χ2v) is 7.68. The molecular formula is C16H21N3O4S. The van der Waals surface area contributed by atoms with Crippen LogP contribution in [0.2, 0.25) is 0 Å². The van der Waals surface area contributed by atoms with Crippen LogP contribution in [-0.4, -0.2) is 44.6 Å². The summed E-state index contributed by atoms with van der Waals surface area (Å²) < 4.78 is 37.8. The van der Waals surface area contributed by atoms with Crippen molar-refractivity contribution < 1.29 is 17.7 Å². The lowest BCUT2D eigenvalue weighted by molar-refractivity contribution is 0.263. The van der Waals surface area contributed by atoms with E-state index < -0.39 is 10.0 Å². The van der Waals surface area contributed by atoms with Gasteiger partial charge in [-0.15, -0.1) is 0 Å². The van der Waals surface area contributed by atoms with Gasteiger partial charge in [-0.1, -0.05) is 23.4 Å². The maximum Gasteiger partial charge on any atom is 0.222 e. The van der Waals surface area contributed by atoms with E-state index in [1.165, 1.54) is 4.31 Å². The molecule has 0 radical (unpaired) electrons. The van der Waals surface area contributed by atoms with Crippen LogP contribution in [0.5, 0.6) is 5.75 Å². The number of benzene rings is 1. The Kier molecular flexibility index (Phi) is 4.88. The summed E-state index contributed by atoms with van der Waals surface area (Å²) in [6, 6.07) is 8.83. The van der Waals surface area contributed by atoms with Crippen LogP contribution in [0.1, 0.15) is 23.1 Å². The number of piperazine rings is 1. The molecule has 2 aromatic rings. The maximum atomic E-state index is 12.9. The predicted molar refractivity (Wildman–Crippen MR) is 89.2 cm³/mol. The summed E-state index contributed by atoms with van der Waals surface area (Å²) in [6.07, 6.45) is 0. The Morgan fingerprint density at radius 3 is 2.92 bits per heavy atom. The van der Waals surface area contributed by atoms with Crippen molar-refractivity contribution in [1.29, 1.82) is 0 Å². The molecule has 0 spiro atoms. The molecule has 0 saturated carbocycles. The van der Waals surface area contributed by atoms with Crippen molar-refractivity contribution in [3.63, 3.8) is 0 Å². The second-order valence-electron chi connectivity index (χ2n) is 5.76. The van der Waals surface area contributed by atoms with Crippen molar-refractivity contribution in [2.45, 2.75) is 18.7 Å². The molecule has 1 aromatic heterocycles. The monoisotopic (exact) mass is 351 g/mol. The number of hydrogen-bond acceptors (Lipinski definition) is 6. The zero-order chi connectivity index (χ0) is 17.2. The molecule has 2 heterocycles. The zero-order valence-corrected chi connectivity index (χ0v) is 14.5.